The smallest absolute Gasteiger partial charge is 0.410 e. The van der Waals surface area contributed by atoms with Gasteiger partial charge in [0.25, 0.3) is 0 Å². The van der Waals surface area contributed by atoms with Crippen molar-refractivity contribution in [2.75, 3.05) is 12.4 Å². The molecule has 8 nitrogen and oxygen atoms in total. The summed E-state index contributed by atoms with van der Waals surface area (Å²) in [6, 6.07) is 6.52. The highest BCUT2D eigenvalue weighted by atomic mass is 32.1. The summed E-state index contributed by atoms with van der Waals surface area (Å²) < 4.78 is 49.7. The molecule has 4 aromatic heterocycles. The number of ether oxygens (including phenoxy) is 1. The Morgan fingerprint density at radius 1 is 1.18 bits per heavy atom. The number of fused-ring (bicyclic) bond motifs is 4. The zero-order valence-electron chi connectivity index (χ0n) is 17.1. The van der Waals surface area contributed by atoms with E-state index in [4.69, 9.17) is 4.74 Å². The van der Waals surface area contributed by atoms with E-state index in [1.54, 1.807) is 37.7 Å². The van der Waals surface area contributed by atoms with Crippen molar-refractivity contribution in [2.24, 2.45) is 0 Å². The van der Waals surface area contributed by atoms with Crippen molar-refractivity contribution in [3.8, 4) is 17.1 Å². The van der Waals surface area contributed by atoms with Crippen molar-refractivity contribution in [1.82, 2.24) is 29.4 Å². The molecule has 6 rings (SSSR count). The first-order chi connectivity index (χ1) is 15.9. The van der Waals surface area contributed by atoms with Crippen molar-refractivity contribution >= 4 is 33.0 Å². The summed E-state index contributed by atoms with van der Waals surface area (Å²) in [5.74, 6) is 1.14. The van der Waals surface area contributed by atoms with Gasteiger partial charge in [-0.05, 0) is 29.1 Å². The molecule has 1 N–H and O–H groups in total. The van der Waals surface area contributed by atoms with Crippen LogP contribution in [0.3, 0.4) is 0 Å². The summed E-state index contributed by atoms with van der Waals surface area (Å²) in [4.78, 5) is 9.76. The number of nitrogens with zero attached hydrogens (tertiary/aromatic N) is 6. The number of nitrogens with one attached hydrogen (secondary N) is 1. The molecule has 5 heterocycles. The average Bonchev–Trinajstić information content (AvgIpc) is 3.54. The summed E-state index contributed by atoms with van der Waals surface area (Å²) in [5.41, 5.74) is 1.70. The molecule has 1 aliphatic heterocycles. The molecule has 0 spiro atoms. The maximum atomic E-state index is 14.0. The van der Waals surface area contributed by atoms with Crippen LogP contribution in [-0.2, 0) is 0 Å². The second-order valence-corrected chi connectivity index (χ2v) is 8.60. The zero-order valence-corrected chi connectivity index (χ0v) is 17.9. The van der Waals surface area contributed by atoms with E-state index in [9.17, 15) is 13.2 Å². The summed E-state index contributed by atoms with van der Waals surface area (Å²) in [6.45, 7) is 0. The molecule has 0 fully saturated rings. The number of alkyl halides is 3. The number of anilines is 1. The molecule has 0 radical (unpaired) electrons. The van der Waals surface area contributed by atoms with Gasteiger partial charge in [-0.1, -0.05) is 12.1 Å². The predicted octanol–water partition coefficient (Wildman–Crippen LogP) is 4.87. The van der Waals surface area contributed by atoms with Crippen molar-refractivity contribution in [3.63, 3.8) is 0 Å². The van der Waals surface area contributed by atoms with Gasteiger partial charge in [0.05, 0.1) is 30.3 Å². The number of hydrogen-bond donors (Lipinski definition) is 1. The number of halogens is 3. The SMILES string of the molecule is COc1ccc(C2CC(C(F)(F)F)n3ncc(-c4nc5c6ccsc6ncn5n4)c3N2)cc1. The number of benzene rings is 1. The monoisotopic (exact) mass is 471 g/mol. The Morgan fingerprint density at radius 3 is 2.76 bits per heavy atom. The topological polar surface area (TPSA) is 82.2 Å². The molecule has 0 saturated carbocycles. The molecular formula is C21H16F3N7OS. The number of hydrogen-bond acceptors (Lipinski definition) is 7. The first-order valence-electron chi connectivity index (χ1n) is 10.1. The van der Waals surface area contributed by atoms with Gasteiger partial charge in [-0.25, -0.2) is 19.2 Å². The largest absolute Gasteiger partial charge is 0.497 e. The minimum atomic E-state index is -4.47. The van der Waals surface area contributed by atoms with E-state index in [1.165, 1.54) is 22.0 Å². The van der Waals surface area contributed by atoms with Crippen molar-refractivity contribution < 1.29 is 17.9 Å². The van der Waals surface area contributed by atoms with E-state index in [2.05, 4.69) is 25.5 Å². The lowest BCUT2D eigenvalue weighted by Gasteiger charge is -2.34. The summed E-state index contributed by atoms with van der Waals surface area (Å²) in [6.07, 6.45) is -1.73. The lowest BCUT2D eigenvalue weighted by atomic mass is 9.96. The van der Waals surface area contributed by atoms with Gasteiger partial charge in [0.15, 0.2) is 17.5 Å². The normalized spacial score (nSPS) is 18.4. The van der Waals surface area contributed by atoms with Gasteiger partial charge in [-0.3, -0.25) is 0 Å². The molecule has 0 aliphatic carbocycles. The third kappa shape index (κ3) is 3.20. The minimum absolute atomic E-state index is 0.192. The molecule has 2 unspecified atom stereocenters. The highest BCUT2D eigenvalue weighted by molar-refractivity contribution is 7.16. The van der Waals surface area contributed by atoms with Crippen LogP contribution in [0.5, 0.6) is 5.75 Å². The fourth-order valence-corrected chi connectivity index (χ4v) is 4.89. The third-order valence-corrected chi connectivity index (χ3v) is 6.62. The van der Waals surface area contributed by atoms with Crippen LogP contribution in [0.15, 0.2) is 48.2 Å². The van der Waals surface area contributed by atoms with Gasteiger partial charge in [-0.2, -0.15) is 18.3 Å². The Balaban J connectivity index is 1.46. The lowest BCUT2D eigenvalue weighted by molar-refractivity contribution is -0.173. The molecule has 1 aliphatic rings. The van der Waals surface area contributed by atoms with Gasteiger partial charge in [0.2, 0.25) is 0 Å². The van der Waals surface area contributed by atoms with E-state index in [1.807, 2.05) is 11.4 Å². The van der Waals surface area contributed by atoms with Gasteiger partial charge in [0, 0.05) is 6.42 Å². The lowest BCUT2D eigenvalue weighted by Crippen LogP contribution is -2.35. The van der Waals surface area contributed by atoms with Crippen LogP contribution >= 0.6 is 11.3 Å². The van der Waals surface area contributed by atoms with Crippen LogP contribution in [0.4, 0.5) is 19.0 Å². The Labute approximate surface area is 188 Å². The molecule has 0 bridgehead atoms. The highest BCUT2D eigenvalue weighted by Gasteiger charge is 2.47. The van der Waals surface area contributed by atoms with Crippen LogP contribution in [0.1, 0.15) is 24.1 Å². The zero-order chi connectivity index (χ0) is 22.7. The van der Waals surface area contributed by atoms with Crippen LogP contribution in [0.2, 0.25) is 0 Å². The molecule has 33 heavy (non-hydrogen) atoms. The molecule has 2 atom stereocenters. The maximum absolute atomic E-state index is 14.0. The molecular weight excluding hydrogens is 455 g/mol. The number of aromatic nitrogens is 6. The molecule has 168 valence electrons. The van der Waals surface area contributed by atoms with Gasteiger partial charge >= 0.3 is 6.18 Å². The van der Waals surface area contributed by atoms with Crippen LogP contribution in [0.25, 0.3) is 27.3 Å². The number of rotatable bonds is 3. The molecule has 0 saturated heterocycles. The van der Waals surface area contributed by atoms with E-state index in [0.29, 0.717) is 17.0 Å². The standard InChI is InChI=1S/C21H16F3N7OS/c1-32-12-4-2-11(3-5-12)15-8-16(21(22,23)24)31-19(27-15)14(9-26-31)17-28-18-13-6-7-33-20(13)25-10-30(18)29-17/h2-7,9-10,15-16,27H,8H2,1H3. The van der Waals surface area contributed by atoms with Crippen LogP contribution in [-0.4, -0.2) is 42.6 Å². The Bertz CT molecular complexity index is 1470. The quantitative estimate of drug-likeness (QED) is 0.404. The molecule has 5 aromatic rings. The molecule has 12 heteroatoms. The van der Waals surface area contributed by atoms with Crippen molar-refractivity contribution in [1.29, 1.82) is 0 Å². The fraction of sp³-hybridized carbons (Fsp3) is 0.238. The summed E-state index contributed by atoms with van der Waals surface area (Å²) in [5, 5.41) is 14.5. The highest BCUT2D eigenvalue weighted by Crippen LogP contribution is 2.46. The molecule has 1 aromatic carbocycles. The average molecular weight is 471 g/mol. The second-order valence-electron chi connectivity index (χ2n) is 7.70. The first kappa shape index (κ1) is 20.0. The fourth-order valence-electron chi connectivity index (χ4n) is 4.16. The summed E-state index contributed by atoms with van der Waals surface area (Å²) >= 11 is 1.48. The number of methoxy groups -OCH3 is 1. The first-order valence-corrected chi connectivity index (χ1v) is 10.9. The third-order valence-electron chi connectivity index (χ3n) is 5.80. The van der Waals surface area contributed by atoms with E-state index < -0.39 is 18.3 Å². The summed E-state index contributed by atoms with van der Waals surface area (Å²) in [7, 11) is 1.54. The van der Waals surface area contributed by atoms with Gasteiger partial charge in [-0.15, -0.1) is 16.4 Å². The van der Waals surface area contributed by atoms with Crippen molar-refractivity contribution in [2.45, 2.75) is 24.7 Å². The van der Waals surface area contributed by atoms with Gasteiger partial charge in [0.1, 0.15) is 22.7 Å². The Morgan fingerprint density at radius 2 is 2.00 bits per heavy atom. The van der Waals surface area contributed by atoms with Crippen molar-refractivity contribution in [3.05, 3.63) is 53.8 Å². The number of thiophene rings is 1. The molecule has 0 amide bonds. The predicted molar refractivity (Wildman–Crippen MR) is 116 cm³/mol. The Kier molecular flexibility index (Phi) is 4.34. The van der Waals surface area contributed by atoms with Gasteiger partial charge < -0.3 is 10.1 Å². The minimum Gasteiger partial charge on any atom is -0.497 e. The van der Waals surface area contributed by atoms with E-state index in [-0.39, 0.29) is 18.1 Å². The van der Waals surface area contributed by atoms with Crippen LogP contribution in [0, 0.1) is 0 Å². The maximum Gasteiger partial charge on any atom is 0.410 e. The van der Waals surface area contributed by atoms with Crippen LogP contribution < -0.4 is 10.1 Å². The van der Waals surface area contributed by atoms with E-state index >= 15 is 0 Å². The van der Waals surface area contributed by atoms with E-state index in [0.717, 1.165) is 20.5 Å². The second kappa shape index (κ2) is 7.17. The Hall–Kier alpha value is -3.67.